The highest BCUT2D eigenvalue weighted by atomic mass is 35.5. The molecule has 0 spiro atoms. The van der Waals surface area contributed by atoms with Gasteiger partial charge in [0, 0.05) is 25.8 Å². The first-order chi connectivity index (χ1) is 17.8. The van der Waals surface area contributed by atoms with Gasteiger partial charge in [-0.15, -0.1) is 5.10 Å². The lowest BCUT2D eigenvalue weighted by Crippen LogP contribution is -2.44. The average Bonchev–Trinajstić information content (AvgIpc) is 3.23. The fraction of sp³-hybridized carbons (Fsp3) is 0.478. The zero-order valence-corrected chi connectivity index (χ0v) is 22.3. The Hall–Kier alpha value is -2.97. The van der Waals surface area contributed by atoms with Gasteiger partial charge in [-0.05, 0) is 49.1 Å². The summed E-state index contributed by atoms with van der Waals surface area (Å²) < 4.78 is 72.6. The van der Waals surface area contributed by atoms with Gasteiger partial charge in [-0.1, -0.05) is 12.1 Å². The van der Waals surface area contributed by atoms with Gasteiger partial charge in [-0.2, -0.15) is 22.7 Å². The molecule has 38 heavy (non-hydrogen) atoms. The number of anilines is 2. The molecule has 4 rings (SSSR count). The van der Waals surface area contributed by atoms with Gasteiger partial charge in [-0.25, -0.2) is 13.4 Å². The molecule has 1 aromatic carbocycles. The van der Waals surface area contributed by atoms with Crippen LogP contribution in [0.5, 0.6) is 0 Å². The molecule has 0 aliphatic carbocycles. The number of nitrogens with zero attached hydrogens (tertiary/aromatic N) is 5. The summed E-state index contributed by atoms with van der Waals surface area (Å²) in [6.07, 6.45) is -3.69. The van der Waals surface area contributed by atoms with Crippen molar-refractivity contribution in [3.63, 3.8) is 0 Å². The molecule has 10 nitrogen and oxygen atoms in total. The molecule has 15 heteroatoms. The molecule has 0 saturated carbocycles. The molecule has 206 valence electrons. The molecule has 1 amide bonds. The van der Waals surface area contributed by atoms with E-state index < -0.39 is 40.0 Å². The third-order valence-corrected chi connectivity index (χ3v) is 8.45. The van der Waals surface area contributed by atoms with Crippen LogP contribution in [0.2, 0.25) is 5.28 Å². The molecule has 1 fully saturated rings. The second-order valence-electron chi connectivity index (χ2n) is 9.09. The van der Waals surface area contributed by atoms with Gasteiger partial charge < -0.3 is 15.0 Å². The standard InChI is InChI=1S/C23H26ClF3N6O4S/c1-13(37-3)18-17(12-28-22-30-21(24)31-33(18)22)29-16-6-4-14(5-7-16)19(23(25,26)27)32(2)20(34)15-8-10-38(35,36)11-9-15/h4-7,12-13,15,19,29H,8-11H2,1-3H3/t13-,19-/m1/s1. The van der Waals surface area contributed by atoms with Crippen LogP contribution in [0.15, 0.2) is 30.5 Å². The number of benzene rings is 1. The lowest BCUT2D eigenvalue weighted by molar-refractivity contribution is -0.190. The topological polar surface area (TPSA) is 119 Å². The number of fused-ring (bicyclic) bond motifs is 1. The first kappa shape index (κ1) is 28.0. The summed E-state index contributed by atoms with van der Waals surface area (Å²) in [6.45, 7) is 1.78. The van der Waals surface area contributed by atoms with Crippen molar-refractivity contribution in [3.8, 4) is 0 Å². The number of halogens is 4. The molecule has 1 aliphatic rings. The minimum absolute atomic E-state index is 0.00438. The summed E-state index contributed by atoms with van der Waals surface area (Å²) in [5.41, 5.74) is 1.35. The molecule has 2 aromatic heterocycles. The van der Waals surface area contributed by atoms with Crippen LogP contribution in [0.25, 0.3) is 5.78 Å². The van der Waals surface area contributed by atoms with Crippen LogP contribution in [0, 0.1) is 5.92 Å². The van der Waals surface area contributed by atoms with Gasteiger partial charge in [0.1, 0.15) is 9.84 Å². The van der Waals surface area contributed by atoms with E-state index in [1.807, 2.05) is 0 Å². The lowest BCUT2D eigenvalue weighted by atomic mass is 9.98. The number of sulfone groups is 1. The third-order valence-electron chi connectivity index (χ3n) is 6.57. The Labute approximate surface area is 222 Å². The first-order valence-electron chi connectivity index (χ1n) is 11.7. The minimum Gasteiger partial charge on any atom is -0.375 e. The number of carbonyl (C=O) groups excluding carboxylic acids is 1. The van der Waals surface area contributed by atoms with Crippen LogP contribution in [0.4, 0.5) is 24.5 Å². The molecule has 1 aliphatic heterocycles. The molecule has 3 aromatic rings. The molecule has 1 saturated heterocycles. The van der Waals surface area contributed by atoms with Crippen LogP contribution in [0.1, 0.15) is 43.2 Å². The first-order valence-corrected chi connectivity index (χ1v) is 13.9. The smallest absolute Gasteiger partial charge is 0.375 e. The number of nitrogens with one attached hydrogen (secondary N) is 1. The Bertz CT molecular complexity index is 1420. The number of hydrogen-bond donors (Lipinski definition) is 1. The van der Waals surface area contributed by atoms with E-state index in [0.717, 1.165) is 7.05 Å². The predicted molar refractivity (Wildman–Crippen MR) is 134 cm³/mol. The number of amides is 1. The van der Waals surface area contributed by atoms with E-state index in [1.54, 1.807) is 6.92 Å². The van der Waals surface area contributed by atoms with Gasteiger partial charge in [0.05, 0.1) is 35.2 Å². The molecule has 0 radical (unpaired) electrons. The maximum absolute atomic E-state index is 14.1. The summed E-state index contributed by atoms with van der Waals surface area (Å²) in [7, 11) is -0.651. The maximum Gasteiger partial charge on any atom is 0.413 e. The Morgan fingerprint density at radius 3 is 2.45 bits per heavy atom. The van der Waals surface area contributed by atoms with Crippen LogP contribution in [-0.2, 0) is 19.4 Å². The van der Waals surface area contributed by atoms with Crippen molar-refractivity contribution in [1.82, 2.24) is 24.5 Å². The van der Waals surface area contributed by atoms with E-state index in [2.05, 4.69) is 20.4 Å². The van der Waals surface area contributed by atoms with Crippen molar-refractivity contribution in [2.75, 3.05) is 31.0 Å². The number of rotatable bonds is 7. The van der Waals surface area contributed by atoms with Crippen molar-refractivity contribution in [2.45, 2.75) is 38.1 Å². The Morgan fingerprint density at radius 2 is 1.87 bits per heavy atom. The van der Waals surface area contributed by atoms with E-state index in [9.17, 15) is 26.4 Å². The number of alkyl halides is 3. The molecule has 1 N–H and O–H groups in total. The van der Waals surface area contributed by atoms with Crippen LogP contribution in [-0.4, -0.2) is 70.6 Å². The molecule has 0 bridgehead atoms. The highest BCUT2D eigenvalue weighted by Crippen LogP contribution is 2.39. The van der Waals surface area contributed by atoms with Gasteiger partial charge >= 0.3 is 6.18 Å². The molecular formula is C23H26ClF3N6O4S. The Balaban J connectivity index is 1.59. The quantitative estimate of drug-likeness (QED) is 0.448. The van der Waals surface area contributed by atoms with Crippen molar-refractivity contribution in [1.29, 1.82) is 0 Å². The number of ether oxygens (including phenoxy) is 1. The maximum atomic E-state index is 14.1. The average molecular weight is 575 g/mol. The summed E-state index contributed by atoms with van der Waals surface area (Å²) in [6, 6.07) is 3.29. The number of hydrogen-bond acceptors (Lipinski definition) is 8. The SMILES string of the molecule is CO[C@H](C)c1c(Nc2ccc([C@@H](N(C)C(=O)C3CCS(=O)(=O)CC3)C(F)(F)F)cc2)cnc2nc(Cl)nn12. The Morgan fingerprint density at radius 1 is 1.24 bits per heavy atom. The van der Waals surface area contributed by atoms with Crippen LogP contribution >= 0.6 is 11.6 Å². The van der Waals surface area contributed by atoms with E-state index in [4.69, 9.17) is 16.3 Å². The zero-order chi connectivity index (χ0) is 27.8. The third kappa shape index (κ3) is 5.86. The second kappa shape index (κ2) is 10.7. The van der Waals surface area contributed by atoms with Crippen molar-refractivity contribution < 1.29 is 31.1 Å². The predicted octanol–water partition coefficient (Wildman–Crippen LogP) is 4.12. The normalized spacial score (nSPS) is 17.8. The van der Waals surface area contributed by atoms with E-state index in [-0.39, 0.29) is 41.0 Å². The highest BCUT2D eigenvalue weighted by molar-refractivity contribution is 7.91. The number of carbonyl (C=O) groups is 1. The summed E-state index contributed by atoms with van der Waals surface area (Å²) in [4.78, 5) is 21.8. The summed E-state index contributed by atoms with van der Waals surface area (Å²) in [5.74, 6) is -1.67. The fourth-order valence-corrected chi connectivity index (χ4v) is 6.16. The molecule has 2 atom stereocenters. The van der Waals surface area contributed by atoms with Gasteiger partial charge in [0.15, 0.2) is 6.04 Å². The second-order valence-corrected chi connectivity index (χ2v) is 11.7. The van der Waals surface area contributed by atoms with Gasteiger partial charge in [0.25, 0.3) is 5.78 Å². The monoisotopic (exact) mass is 574 g/mol. The van der Waals surface area contributed by atoms with Gasteiger partial charge in [0.2, 0.25) is 11.2 Å². The largest absolute Gasteiger partial charge is 0.413 e. The van der Waals surface area contributed by atoms with Crippen molar-refractivity contribution in [2.24, 2.45) is 5.92 Å². The highest BCUT2D eigenvalue weighted by Gasteiger charge is 2.46. The van der Waals surface area contributed by atoms with E-state index in [0.29, 0.717) is 22.0 Å². The number of aromatic nitrogens is 4. The fourth-order valence-electron chi connectivity index (χ4n) is 4.51. The van der Waals surface area contributed by atoms with Crippen LogP contribution < -0.4 is 5.32 Å². The van der Waals surface area contributed by atoms with E-state index in [1.165, 1.54) is 42.1 Å². The van der Waals surface area contributed by atoms with Crippen LogP contribution in [0.3, 0.4) is 0 Å². The zero-order valence-electron chi connectivity index (χ0n) is 20.7. The Kier molecular flexibility index (Phi) is 7.86. The lowest BCUT2D eigenvalue weighted by Gasteiger charge is -2.34. The molecule has 3 heterocycles. The van der Waals surface area contributed by atoms with Gasteiger partial charge in [-0.3, -0.25) is 4.79 Å². The summed E-state index contributed by atoms with van der Waals surface area (Å²) in [5, 5.41) is 7.23. The van der Waals surface area contributed by atoms with Crippen molar-refractivity contribution in [3.05, 3.63) is 47.0 Å². The summed E-state index contributed by atoms with van der Waals surface area (Å²) >= 11 is 5.92. The molecular weight excluding hydrogens is 549 g/mol. The van der Waals surface area contributed by atoms with E-state index >= 15 is 0 Å². The van der Waals surface area contributed by atoms with Crippen molar-refractivity contribution >= 4 is 44.5 Å². The minimum atomic E-state index is -4.75. The molecule has 0 unspecified atom stereocenters. The number of methoxy groups -OCH3 is 1.